The van der Waals surface area contributed by atoms with Crippen molar-refractivity contribution in [2.75, 3.05) is 0 Å². The van der Waals surface area contributed by atoms with Gasteiger partial charge >= 0.3 is 0 Å². The third-order valence-corrected chi connectivity index (χ3v) is 3.40. The van der Waals surface area contributed by atoms with E-state index in [0.717, 1.165) is 5.56 Å². The van der Waals surface area contributed by atoms with E-state index >= 15 is 0 Å². The molecule has 0 aliphatic carbocycles. The van der Waals surface area contributed by atoms with E-state index in [-0.39, 0.29) is 17.6 Å². The molecule has 0 fully saturated rings. The molecule has 0 radical (unpaired) electrons. The molecule has 0 atom stereocenters. The maximum Gasteiger partial charge on any atom is 0.197 e. The van der Waals surface area contributed by atoms with Gasteiger partial charge in [0.2, 0.25) is 0 Å². The summed E-state index contributed by atoms with van der Waals surface area (Å²) in [5, 5.41) is 9.25. The maximum atomic E-state index is 14.3. The van der Waals surface area contributed by atoms with E-state index < -0.39 is 11.2 Å². The molecule has 1 heterocycles. The quantitative estimate of drug-likeness (QED) is 0.887. The van der Waals surface area contributed by atoms with E-state index in [9.17, 15) is 14.3 Å². The number of rotatable bonds is 2. The predicted molar refractivity (Wildman–Crippen MR) is 69.2 cm³/mol. The number of hydrogen-bond donors (Lipinski definition) is 1. The summed E-state index contributed by atoms with van der Waals surface area (Å²) in [5.74, 6) is -0.479. The van der Waals surface area contributed by atoms with Crippen LogP contribution < -0.4 is 5.43 Å². The number of aryl methyl sites for hydroxylation is 2. The Labute approximate surface area is 104 Å². The highest BCUT2D eigenvalue weighted by molar-refractivity contribution is 5.82. The van der Waals surface area contributed by atoms with Crippen molar-refractivity contribution < 1.29 is 9.50 Å². The highest BCUT2D eigenvalue weighted by Gasteiger charge is 2.15. The van der Waals surface area contributed by atoms with Gasteiger partial charge in [-0.25, -0.2) is 4.39 Å². The first-order valence-corrected chi connectivity index (χ1v) is 5.93. The smallest absolute Gasteiger partial charge is 0.197 e. The van der Waals surface area contributed by atoms with Crippen LogP contribution in [0.4, 0.5) is 4.39 Å². The topological polar surface area (TPSA) is 42.2 Å². The van der Waals surface area contributed by atoms with Gasteiger partial charge in [-0.1, -0.05) is 0 Å². The first-order valence-electron chi connectivity index (χ1n) is 5.93. The normalized spacial score (nSPS) is 11.2. The number of halogens is 1. The Kier molecular flexibility index (Phi) is 3.22. The molecule has 3 nitrogen and oxygen atoms in total. The van der Waals surface area contributed by atoms with Crippen molar-refractivity contribution in [3.63, 3.8) is 0 Å². The second kappa shape index (κ2) is 4.53. The molecular formula is C14H16FNO2. The van der Waals surface area contributed by atoms with Crippen LogP contribution in [0.5, 0.6) is 0 Å². The minimum absolute atomic E-state index is 0.0755. The molecule has 2 rings (SSSR count). The summed E-state index contributed by atoms with van der Waals surface area (Å²) in [6, 6.07) is 1.82. The molecule has 96 valence electrons. The first-order chi connectivity index (χ1) is 8.51. The molecule has 0 saturated carbocycles. The Morgan fingerprint density at radius 2 is 2.06 bits per heavy atom. The molecule has 1 aromatic heterocycles. The van der Waals surface area contributed by atoms with Crippen LogP contribution in [0.25, 0.3) is 10.9 Å². The molecule has 0 saturated heterocycles. The lowest BCUT2D eigenvalue weighted by Crippen LogP contribution is -2.16. The molecule has 2 aromatic rings. The van der Waals surface area contributed by atoms with Crippen LogP contribution >= 0.6 is 0 Å². The van der Waals surface area contributed by atoms with Crippen molar-refractivity contribution in [1.29, 1.82) is 0 Å². The minimum atomic E-state index is -0.479. The highest BCUT2D eigenvalue weighted by atomic mass is 19.1. The molecule has 0 bridgehead atoms. The van der Waals surface area contributed by atoms with Crippen molar-refractivity contribution in [3.8, 4) is 0 Å². The van der Waals surface area contributed by atoms with E-state index in [1.807, 2.05) is 19.9 Å². The minimum Gasteiger partial charge on any atom is -0.391 e. The second-order valence-corrected chi connectivity index (χ2v) is 4.45. The summed E-state index contributed by atoms with van der Waals surface area (Å²) in [7, 11) is 0. The number of nitrogens with zero attached hydrogens (tertiary/aromatic N) is 1. The van der Waals surface area contributed by atoms with Gasteiger partial charge in [0.15, 0.2) is 5.43 Å². The summed E-state index contributed by atoms with van der Waals surface area (Å²) in [6.07, 6.45) is 1.60. The predicted octanol–water partition coefficient (Wildman–Crippen LogP) is 2.27. The lowest BCUT2D eigenvalue weighted by Gasteiger charge is -2.13. The zero-order valence-electron chi connectivity index (χ0n) is 10.7. The average Bonchev–Trinajstić information content (AvgIpc) is 2.36. The molecule has 0 amide bonds. The Balaban J connectivity index is 3.05. The maximum absolute atomic E-state index is 14.3. The Bertz CT molecular complexity index is 674. The molecule has 4 heteroatoms. The lowest BCUT2D eigenvalue weighted by atomic mass is 10.0. The summed E-state index contributed by atoms with van der Waals surface area (Å²) in [5.41, 5.74) is 1.69. The van der Waals surface area contributed by atoms with Crippen molar-refractivity contribution >= 4 is 10.9 Å². The Morgan fingerprint density at radius 1 is 1.39 bits per heavy atom. The molecule has 1 N–H and O–H groups in total. The summed E-state index contributed by atoms with van der Waals surface area (Å²) in [4.78, 5) is 12.1. The monoisotopic (exact) mass is 249 g/mol. The van der Waals surface area contributed by atoms with Gasteiger partial charge in [0, 0.05) is 18.3 Å². The van der Waals surface area contributed by atoms with Gasteiger partial charge in [-0.3, -0.25) is 4.79 Å². The van der Waals surface area contributed by atoms with Crippen molar-refractivity contribution in [2.45, 2.75) is 33.9 Å². The van der Waals surface area contributed by atoms with Crippen LogP contribution in [0.15, 0.2) is 17.1 Å². The van der Waals surface area contributed by atoms with E-state index in [1.165, 1.54) is 0 Å². The fraction of sp³-hybridized carbons (Fsp3) is 0.357. The van der Waals surface area contributed by atoms with Crippen molar-refractivity contribution in [2.24, 2.45) is 0 Å². The zero-order chi connectivity index (χ0) is 13.4. The molecular weight excluding hydrogens is 233 g/mol. The third-order valence-electron chi connectivity index (χ3n) is 3.40. The van der Waals surface area contributed by atoms with Crippen LogP contribution in [0.1, 0.15) is 23.6 Å². The van der Waals surface area contributed by atoms with E-state index in [1.54, 1.807) is 17.7 Å². The molecule has 1 aromatic carbocycles. The summed E-state index contributed by atoms with van der Waals surface area (Å²) in [6.45, 7) is 5.64. The summed E-state index contributed by atoms with van der Waals surface area (Å²) >= 11 is 0. The fourth-order valence-corrected chi connectivity index (χ4v) is 2.15. The van der Waals surface area contributed by atoms with Gasteiger partial charge in [-0.2, -0.15) is 0 Å². The van der Waals surface area contributed by atoms with Gasteiger partial charge in [-0.15, -0.1) is 0 Å². The largest absolute Gasteiger partial charge is 0.391 e. The second-order valence-electron chi connectivity index (χ2n) is 4.45. The first kappa shape index (κ1) is 12.8. The SMILES string of the molecule is CCn1cc(CO)c(=O)c2c(F)c(C)c(C)cc21. The van der Waals surface area contributed by atoms with Crippen molar-refractivity contribution in [3.05, 3.63) is 45.0 Å². The van der Waals surface area contributed by atoms with Gasteiger partial charge in [0.05, 0.1) is 17.5 Å². The number of aliphatic hydroxyl groups is 1. The van der Waals surface area contributed by atoms with Crippen LogP contribution in [-0.2, 0) is 13.2 Å². The van der Waals surface area contributed by atoms with Crippen LogP contribution in [-0.4, -0.2) is 9.67 Å². The Hall–Kier alpha value is -1.68. The van der Waals surface area contributed by atoms with E-state index in [2.05, 4.69) is 0 Å². The average molecular weight is 249 g/mol. The van der Waals surface area contributed by atoms with Gasteiger partial charge < -0.3 is 9.67 Å². The highest BCUT2D eigenvalue weighted by Crippen LogP contribution is 2.22. The number of pyridine rings is 1. The number of aromatic nitrogens is 1. The molecule has 18 heavy (non-hydrogen) atoms. The number of hydrogen-bond acceptors (Lipinski definition) is 2. The zero-order valence-corrected chi connectivity index (χ0v) is 10.7. The van der Waals surface area contributed by atoms with Gasteiger partial charge in [0.1, 0.15) is 5.82 Å². The number of benzene rings is 1. The molecule has 0 unspecified atom stereocenters. The standard InChI is InChI=1S/C14H16FNO2/c1-4-16-6-10(7-17)14(18)12-11(16)5-8(2)9(3)13(12)15/h5-6,17H,4,7H2,1-3H3. The Morgan fingerprint density at radius 3 is 2.61 bits per heavy atom. The number of aliphatic hydroxyl groups excluding tert-OH is 1. The van der Waals surface area contributed by atoms with Crippen LogP contribution in [0, 0.1) is 19.7 Å². The van der Waals surface area contributed by atoms with Gasteiger partial charge in [-0.05, 0) is 38.0 Å². The van der Waals surface area contributed by atoms with Crippen molar-refractivity contribution in [1.82, 2.24) is 4.57 Å². The lowest BCUT2D eigenvalue weighted by molar-refractivity contribution is 0.280. The molecule has 0 aliphatic rings. The fourth-order valence-electron chi connectivity index (χ4n) is 2.15. The third kappa shape index (κ3) is 1.73. The van der Waals surface area contributed by atoms with Crippen LogP contribution in [0.2, 0.25) is 0 Å². The van der Waals surface area contributed by atoms with Gasteiger partial charge in [0.25, 0.3) is 0 Å². The molecule has 0 aliphatic heterocycles. The number of fused-ring (bicyclic) bond motifs is 1. The summed E-state index contributed by atoms with van der Waals surface area (Å²) < 4.78 is 16.0. The van der Waals surface area contributed by atoms with E-state index in [4.69, 9.17) is 0 Å². The van der Waals surface area contributed by atoms with Crippen LogP contribution in [0.3, 0.4) is 0 Å². The van der Waals surface area contributed by atoms with E-state index in [0.29, 0.717) is 17.6 Å². The molecule has 0 spiro atoms.